The first-order valence-electron chi connectivity index (χ1n) is 12.6. The topological polar surface area (TPSA) is 85.2 Å². The minimum atomic E-state index is -0.815. The highest BCUT2D eigenvalue weighted by atomic mass is 16.5. The van der Waals surface area contributed by atoms with Gasteiger partial charge in [0.15, 0.2) is 0 Å². The summed E-state index contributed by atoms with van der Waals surface area (Å²) in [5.74, 6) is 0.530. The predicted octanol–water partition coefficient (Wildman–Crippen LogP) is 5.47. The number of para-hydroxylation sites is 1. The highest BCUT2D eigenvalue weighted by molar-refractivity contribution is 6.01. The van der Waals surface area contributed by atoms with Gasteiger partial charge in [-0.15, -0.1) is 0 Å². The van der Waals surface area contributed by atoms with Crippen LogP contribution in [0.2, 0.25) is 0 Å². The van der Waals surface area contributed by atoms with E-state index in [-0.39, 0.29) is 17.2 Å². The molecule has 1 atom stereocenters. The van der Waals surface area contributed by atoms with Gasteiger partial charge in [-0.25, -0.2) is 4.68 Å². The van der Waals surface area contributed by atoms with E-state index in [0.29, 0.717) is 23.6 Å². The lowest BCUT2D eigenvalue weighted by atomic mass is 9.92. The maximum absolute atomic E-state index is 13.7. The van der Waals surface area contributed by atoms with E-state index in [0.717, 1.165) is 22.5 Å². The van der Waals surface area contributed by atoms with Crippen molar-refractivity contribution >= 4 is 17.6 Å². The minimum Gasteiger partial charge on any atom is -0.497 e. The number of hydrogen-bond donors (Lipinski definition) is 2. The predicted molar refractivity (Wildman–Crippen MR) is 150 cm³/mol. The molecule has 0 radical (unpaired) electrons. The van der Waals surface area contributed by atoms with Crippen LogP contribution in [-0.2, 0) is 16.6 Å². The first-order valence-corrected chi connectivity index (χ1v) is 12.6. The van der Waals surface area contributed by atoms with Gasteiger partial charge in [0.25, 0.3) is 5.91 Å². The lowest BCUT2D eigenvalue weighted by molar-refractivity contribution is -0.118. The molecule has 7 nitrogen and oxygen atoms in total. The van der Waals surface area contributed by atoms with Crippen molar-refractivity contribution in [2.45, 2.75) is 45.6 Å². The van der Waals surface area contributed by atoms with E-state index in [1.165, 1.54) is 0 Å². The molecule has 1 unspecified atom stereocenters. The number of anilines is 1. The van der Waals surface area contributed by atoms with E-state index in [1.54, 1.807) is 36.1 Å². The number of aryl methyl sites for hydroxylation is 1. The second-order valence-corrected chi connectivity index (χ2v) is 10.3. The van der Waals surface area contributed by atoms with Crippen molar-refractivity contribution in [2.75, 3.05) is 12.4 Å². The molecule has 0 aliphatic heterocycles. The molecule has 2 N–H and O–H groups in total. The molecular weight excluding hydrogens is 476 g/mol. The summed E-state index contributed by atoms with van der Waals surface area (Å²) in [6, 6.07) is 25.4. The van der Waals surface area contributed by atoms with Gasteiger partial charge in [-0.2, -0.15) is 5.10 Å². The van der Waals surface area contributed by atoms with Crippen LogP contribution in [0.4, 0.5) is 5.82 Å². The number of amides is 2. The quantitative estimate of drug-likeness (QED) is 0.329. The number of hydrogen-bond acceptors (Lipinski definition) is 4. The summed E-state index contributed by atoms with van der Waals surface area (Å²) in [7, 11) is 1.57. The molecule has 2 amide bonds. The fraction of sp³-hybridized carbons (Fsp3) is 0.258. The number of aromatic nitrogens is 2. The van der Waals surface area contributed by atoms with Gasteiger partial charge < -0.3 is 15.4 Å². The number of carbonyl (C=O) groups excluding carboxylic acids is 2. The molecular formula is C31H34N4O3. The maximum Gasteiger partial charge on any atom is 0.251 e. The lowest BCUT2D eigenvalue weighted by Crippen LogP contribution is -2.45. The van der Waals surface area contributed by atoms with Gasteiger partial charge in [0, 0.05) is 23.5 Å². The standard InChI is InChI=1S/C31H34N4O3/c1-21-11-9-10-14-26(21)35-28(20-27(34-35)31(2,3)4)33-30(37)25(19-22-12-7-6-8-13-22)32-29(36)23-15-17-24(38-5)18-16-23/h6-18,20,25H,19H2,1-5H3,(H,32,36)(H,33,37). The Morgan fingerprint density at radius 2 is 1.61 bits per heavy atom. The van der Waals surface area contributed by atoms with Gasteiger partial charge in [0.2, 0.25) is 5.91 Å². The fourth-order valence-corrected chi connectivity index (χ4v) is 4.08. The summed E-state index contributed by atoms with van der Waals surface area (Å²) in [5.41, 5.74) is 3.90. The smallest absolute Gasteiger partial charge is 0.251 e. The fourth-order valence-electron chi connectivity index (χ4n) is 4.08. The molecule has 0 aliphatic carbocycles. The molecule has 3 aromatic carbocycles. The molecule has 1 aromatic heterocycles. The number of nitrogens with one attached hydrogen (secondary N) is 2. The maximum atomic E-state index is 13.7. The minimum absolute atomic E-state index is 0.223. The van der Waals surface area contributed by atoms with Crippen molar-refractivity contribution in [3.05, 3.63) is 107 Å². The Morgan fingerprint density at radius 3 is 2.24 bits per heavy atom. The normalized spacial score (nSPS) is 12.0. The highest BCUT2D eigenvalue weighted by Crippen LogP contribution is 2.27. The monoisotopic (exact) mass is 510 g/mol. The van der Waals surface area contributed by atoms with Gasteiger partial charge in [-0.05, 0) is 48.4 Å². The summed E-state index contributed by atoms with van der Waals surface area (Å²) in [6.07, 6.45) is 0.333. The summed E-state index contributed by atoms with van der Waals surface area (Å²) in [6.45, 7) is 8.25. The third-order valence-corrected chi connectivity index (χ3v) is 6.33. The average Bonchev–Trinajstić information content (AvgIpc) is 3.33. The van der Waals surface area contributed by atoms with Crippen LogP contribution in [-0.4, -0.2) is 34.7 Å². The summed E-state index contributed by atoms with van der Waals surface area (Å²) >= 11 is 0. The van der Waals surface area contributed by atoms with Gasteiger partial charge in [0.1, 0.15) is 17.6 Å². The Morgan fingerprint density at radius 1 is 0.947 bits per heavy atom. The number of ether oxygens (including phenoxy) is 1. The van der Waals surface area contributed by atoms with Crippen LogP contribution < -0.4 is 15.4 Å². The molecule has 1 heterocycles. The molecule has 0 fully saturated rings. The third kappa shape index (κ3) is 6.29. The van der Waals surface area contributed by atoms with Gasteiger partial charge >= 0.3 is 0 Å². The Hall–Kier alpha value is -4.39. The summed E-state index contributed by atoms with van der Waals surface area (Å²) in [4.78, 5) is 26.8. The Kier molecular flexibility index (Phi) is 7.96. The zero-order chi connectivity index (χ0) is 27.3. The molecule has 0 bridgehead atoms. The molecule has 7 heteroatoms. The number of carbonyl (C=O) groups is 2. The molecule has 0 saturated carbocycles. The van der Waals surface area contributed by atoms with Crippen LogP contribution in [0.15, 0.2) is 84.9 Å². The van der Waals surface area contributed by atoms with Crippen LogP contribution in [0.3, 0.4) is 0 Å². The van der Waals surface area contributed by atoms with Crippen LogP contribution in [0, 0.1) is 6.92 Å². The lowest BCUT2D eigenvalue weighted by Gasteiger charge is -2.19. The zero-order valence-corrected chi connectivity index (χ0v) is 22.5. The van der Waals surface area contributed by atoms with Gasteiger partial charge in [0.05, 0.1) is 18.5 Å². The first-order chi connectivity index (χ1) is 18.2. The number of benzene rings is 3. The van der Waals surface area contributed by atoms with E-state index in [1.807, 2.05) is 67.6 Å². The van der Waals surface area contributed by atoms with E-state index < -0.39 is 6.04 Å². The molecule has 0 spiro atoms. The zero-order valence-electron chi connectivity index (χ0n) is 22.5. The Balaban J connectivity index is 1.65. The van der Waals surface area contributed by atoms with Crippen molar-refractivity contribution in [3.63, 3.8) is 0 Å². The van der Waals surface area contributed by atoms with E-state index >= 15 is 0 Å². The van der Waals surface area contributed by atoms with Crippen molar-refractivity contribution in [1.29, 1.82) is 0 Å². The van der Waals surface area contributed by atoms with E-state index in [9.17, 15) is 9.59 Å². The molecule has 0 aliphatic rings. The van der Waals surface area contributed by atoms with Crippen LogP contribution in [0.5, 0.6) is 5.75 Å². The van der Waals surface area contributed by atoms with Gasteiger partial charge in [-0.1, -0.05) is 69.3 Å². The van der Waals surface area contributed by atoms with Crippen molar-refractivity contribution in [3.8, 4) is 11.4 Å². The van der Waals surface area contributed by atoms with Crippen LogP contribution in [0.1, 0.15) is 48.0 Å². The van der Waals surface area contributed by atoms with Crippen LogP contribution in [0.25, 0.3) is 5.69 Å². The van der Waals surface area contributed by atoms with Gasteiger partial charge in [-0.3, -0.25) is 9.59 Å². The highest BCUT2D eigenvalue weighted by Gasteiger charge is 2.26. The molecule has 196 valence electrons. The molecule has 4 aromatic rings. The van der Waals surface area contributed by atoms with Crippen LogP contribution >= 0.6 is 0 Å². The number of nitrogens with zero attached hydrogens (tertiary/aromatic N) is 2. The first kappa shape index (κ1) is 26.7. The second kappa shape index (κ2) is 11.3. The molecule has 4 rings (SSSR count). The van der Waals surface area contributed by atoms with Crippen molar-refractivity contribution in [1.82, 2.24) is 15.1 Å². The number of methoxy groups -OCH3 is 1. The second-order valence-electron chi connectivity index (χ2n) is 10.3. The largest absolute Gasteiger partial charge is 0.497 e. The average molecular weight is 511 g/mol. The molecule has 38 heavy (non-hydrogen) atoms. The molecule has 0 saturated heterocycles. The Labute approximate surface area is 223 Å². The van der Waals surface area contributed by atoms with E-state index in [2.05, 4.69) is 31.4 Å². The number of rotatable bonds is 8. The summed E-state index contributed by atoms with van der Waals surface area (Å²) in [5, 5.41) is 10.8. The summed E-state index contributed by atoms with van der Waals surface area (Å²) < 4.78 is 6.95. The SMILES string of the molecule is COc1ccc(C(=O)NC(Cc2ccccc2)C(=O)Nc2cc(C(C)(C)C)nn2-c2ccccc2C)cc1. The van der Waals surface area contributed by atoms with E-state index in [4.69, 9.17) is 9.84 Å². The van der Waals surface area contributed by atoms with Crippen molar-refractivity contribution in [2.24, 2.45) is 0 Å². The third-order valence-electron chi connectivity index (χ3n) is 6.33. The Bertz CT molecular complexity index is 1400. The van der Waals surface area contributed by atoms with Crippen molar-refractivity contribution < 1.29 is 14.3 Å².